The van der Waals surface area contributed by atoms with E-state index < -0.39 is 17.3 Å². The number of anilines is 1. The maximum atomic E-state index is 14.3. The van der Waals surface area contributed by atoms with Gasteiger partial charge >= 0.3 is 29.6 Å². The monoisotopic (exact) mass is 415 g/mol. The van der Waals surface area contributed by atoms with Crippen molar-refractivity contribution < 1.29 is 38.3 Å². The minimum Gasteiger partial charge on any atom is -0.369 e. The maximum Gasteiger partial charge on any atom is 1.00 e. The van der Waals surface area contributed by atoms with Crippen LogP contribution in [0.2, 0.25) is 0 Å². The maximum absolute atomic E-state index is 14.3. The molecule has 148 valence electrons. The summed E-state index contributed by atoms with van der Waals surface area (Å²) in [6.07, 6.45) is 5.91. The van der Waals surface area contributed by atoms with Crippen LogP contribution in [0, 0.1) is 23.4 Å². The normalized spacial score (nSPS) is 14.8. The van der Waals surface area contributed by atoms with Crippen molar-refractivity contribution in [1.82, 2.24) is 15.0 Å². The molecule has 8 heteroatoms. The molecule has 0 spiro atoms. The van der Waals surface area contributed by atoms with E-state index in [1.165, 1.54) is 32.3 Å². The van der Waals surface area contributed by atoms with E-state index in [9.17, 15) is 14.0 Å². The van der Waals surface area contributed by atoms with E-state index in [1.54, 1.807) is 12.1 Å². The van der Waals surface area contributed by atoms with Crippen LogP contribution < -0.4 is 34.9 Å². The average molecular weight is 415 g/mol. The van der Waals surface area contributed by atoms with Gasteiger partial charge in [0.25, 0.3) is 5.92 Å². The molecule has 30 heavy (non-hydrogen) atoms. The summed E-state index contributed by atoms with van der Waals surface area (Å²) in [5.74, 6) is -3.12. The molecule has 0 unspecified atom stereocenters. The van der Waals surface area contributed by atoms with Crippen LogP contribution in [0.3, 0.4) is 0 Å². The predicted molar refractivity (Wildman–Crippen MR) is 105 cm³/mol. The summed E-state index contributed by atoms with van der Waals surface area (Å²) in [4.78, 5) is 12.7. The summed E-state index contributed by atoms with van der Waals surface area (Å²) in [5, 5.41) is 13.3. The van der Waals surface area contributed by atoms with Gasteiger partial charge in [0.2, 0.25) is 0 Å². The van der Waals surface area contributed by atoms with Gasteiger partial charge in [-0.15, -0.1) is 5.56 Å². The first-order chi connectivity index (χ1) is 13.9. The number of fused-ring (bicyclic) bond motifs is 1. The molecule has 4 rings (SSSR count). The van der Waals surface area contributed by atoms with Crippen molar-refractivity contribution in [3.63, 3.8) is 0 Å². The Bertz CT molecular complexity index is 1110. The summed E-state index contributed by atoms with van der Waals surface area (Å²) in [6, 6.07) is 10.6. The Kier molecular flexibility index (Phi) is 6.42. The second-order valence-corrected chi connectivity index (χ2v) is 7.77. The molecule has 1 fully saturated rings. The number of nitriles is 1. The molecular formula is C22H20F2N5Na. The van der Waals surface area contributed by atoms with E-state index in [0.717, 1.165) is 24.0 Å². The van der Waals surface area contributed by atoms with Gasteiger partial charge < -0.3 is 10.3 Å². The zero-order valence-electron chi connectivity index (χ0n) is 17.2. The topological polar surface area (TPSA) is 74.5 Å². The summed E-state index contributed by atoms with van der Waals surface area (Å²) in [6.45, 7) is 3.34. The van der Waals surface area contributed by atoms with Crippen molar-refractivity contribution in [2.24, 2.45) is 5.92 Å². The van der Waals surface area contributed by atoms with E-state index in [0.29, 0.717) is 23.4 Å². The summed E-state index contributed by atoms with van der Waals surface area (Å²) >= 11 is 0. The van der Waals surface area contributed by atoms with Crippen molar-refractivity contribution in [3.8, 4) is 6.07 Å². The van der Waals surface area contributed by atoms with E-state index in [2.05, 4.69) is 32.5 Å². The quantitative estimate of drug-likeness (QED) is 0.491. The molecule has 1 saturated carbocycles. The number of alkyl halides is 2. The molecule has 0 atom stereocenters. The molecular weight excluding hydrogens is 395 g/mol. The fourth-order valence-electron chi connectivity index (χ4n) is 3.26. The minimum absolute atomic E-state index is 0. The standard InChI is InChI=1S/C22H20F2N5.Na/c1-14(2)22(23,24)16-5-3-4-15(8-16)10-26-19-18-9-17(21(12-25)6-7-21)11-27-20(18)29-13-28-19;/h3-5,8-9,13-14H,6-7,10H2,1-2H3,(H,26,27,28,29);/q-1;+1. The third-order valence-electron chi connectivity index (χ3n) is 5.41. The molecule has 1 aliphatic rings. The first-order valence-electron chi connectivity index (χ1n) is 9.52. The number of nitrogens with one attached hydrogen (secondary N) is 1. The Morgan fingerprint density at radius 1 is 1.27 bits per heavy atom. The zero-order valence-corrected chi connectivity index (χ0v) is 19.2. The third kappa shape index (κ3) is 4.18. The summed E-state index contributed by atoms with van der Waals surface area (Å²) in [5.41, 5.74) is 1.43. The first kappa shape index (κ1) is 22.5. The van der Waals surface area contributed by atoms with Crippen LogP contribution in [0.4, 0.5) is 14.6 Å². The van der Waals surface area contributed by atoms with E-state index in [-0.39, 0.29) is 35.1 Å². The van der Waals surface area contributed by atoms with Gasteiger partial charge in [-0.1, -0.05) is 38.2 Å². The van der Waals surface area contributed by atoms with E-state index in [4.69, 9.17) is 0 Å². The average Bonchev–Trinajstić information content (AvgIpc) is 3.53. The molecule has 1 aliphatic carbocycles. The van der Waals surface area contributed by atoms with Gasteiger partial charge in [-0.05, 0) is 29.9 Å². The molecule has 0 amide bonds. The van der Waals surface area contributed by atoms with Crippen LogP contribution in [-0.4, -0.2) is 15.0 Å². The fourth-order valence-corrected chi connectivity index (χ4v) is 3.26. The van der Waals surface area contributed by atoms with E-state index >= 15 is 0 Å². The zero-order chi connectivity index (χ0) is 20.6. The smallest absolute Gasteiger partial charge is 0.369 e. The van der Waals surface area contributed by atoms with Gasteiger partial charge in [0.15, 0.2) is 0 Å². The van der Waals surface area contributed by atoms with Crippen LogP contribution in [-0.2, 0) is 17.9 Å². The van der Waals surface area contributed by atoms with Crippen molar-refractivity contribution in [1.29, 1.82) is 5.26 Å². The number of benzene rings is 1. The molecule has 1 aromatic carbocycles. The van der Waals surface area contributed by atoms with Crippen LogP contribution >= 0.6 is 0 Å². The number of hydrogen-bond donors (Lipinski definition) is 1. The molecule has 2 heterocycles. The first-order valence-corrected chi connectivity index (χ1v) is 9.52. The number of pyridine rings is 1. The van der Waals surface area contributed by atoms with Crippen molar-refractivity contribution >= 4 is 16.9 Å². The Labute approximate surface area is 196 Å². The Morgan fingerprint density at radius 2 is 2.03 bits per heavy atom. The molecule has 0 radical (unpaired) electrons. The minimum atomic E-state index is -2.89. The van der Waals surface area contributed by atoms with Crippen LogP contribution in [0.15, 0.2) is 36.7 Å². The Balaban J connectivity index is 0.00000256. The molecule has 0 aliphatic heterocycles. The second-order valence-electron chi connectivity index (χ2n) is 7.77. The van der Waals surface area contributed by atoms with Gasteiger partial charge in [0.05, 0.1) is 17.1 Å². The number of halogens is 2. The fraction of sp³-hybridized carbons (Fsp3) is 0.364. The van der Waals surface area contributed by atoms with Gasteiger partial charge in [0.1, 0.15) is 12.1 Å². The van der Waals surface area contributed by atoms with Crippen molar-refractivity contribution in [3.05, 3.63) is 59.5 Å². The number of hydrogen-bond acceptors (Lipinski definition) is 5. The van der Waals surface area contributed by atoms with Crippen molar-refractivity contribution in [2.45, 2.75) is 44.6 Å². The molecule has 2 aromatic heterocycles. The van der Waals surface area contributed by atoms with Crippen LogP contribution in [0.5, 0.6) is 0 Å². The van der Waals surface area contributed by atoms with Gasteiger partial charge in [-0.2, -0.15) is 11.3 Å². The van der Waals surface area contributed by atoms with Gasteiger partial charge in [-0.3, -0.25) is 4.98 Å². The number of rotatable bonds is 6. The third-order valence-corrected chi connectivity index (χ3v) is 5.41. The van der Waals surface area contributed by atoms with Crippen LogP contribution in [0.25, 0.3) is 11.0 Å². The SMILES string of the molecule is CC(C)C(F)(F)c1cccc(CNc2ncnc3n[c-]c(C4(C#N)CC4)cc23)c1.[Na+]. The second kappa shape index (κ2) is 8.54. The summed E-state index contributed by atoms with van der Waals surface area (Å²) < 4.78 is 28.7. The number of nitrogens with zero attached hydrogens (tertiary/aromatic N) is 4. The Hall–Kier alpha value is -2.14. The molecule has 0 bridgehead atoms. The molecule has 0 saturated heterocycles. The van der Waals surface area contributed by atoms with E-state index in [1.807, 2.05) is 6.07 Å². The van der Waals surface area contributed by atoms with Gasteiger partial charge in [-0.25, -0.2) is 13.8 Å². The summed E-state index contributed by atoms with van der Waals surface area (Å²) in [7, 11) is 0. The molecule has 3 aromatic rings. The molecule has 1 N–H and O–H groups in total. The molecule has 5 nitrogen and oxygen atoms in total. The largest absolute Gasteiger partial charge is 1.00 e. The van der Waals surface area contributed by atoms with Crippen LogP contribution in [0.1, 0.15) is 43.4 Å². The predicted octanol–water partition coefficient (Wildman–Crippen LogP) is 1.74. The number of aromatic nitrogens is 3. The van der Waals surface area contributed by atoms with Gasteiger partial charge in [0, 0.05) is 18.0 Å². The van der Waals surface area contributed by atoms with Crippen molar-refractivity contribution in [2.75, 3.05) is 5.32 Å². The Morgan fingerprint density at radius 3 is 2.70 bits per heavy atom.